The predicted octanol–water partition coefficient (Wildman–Crippen LogP) is 5.21. The summed E-state index contributed by atoms with van der Waals surface area (Å²) < 4.78 is 1.13. The Morgan fingerprint density at radius 3 is 2.65 bits per heavy atom. The molecule has 1 fully saturated rings. The predicted molar refractivity (Wildman–Crippen MR) is 128 cm³/mol. The van der Waals surface area contributed by atoms with Crippen LogP contribution in [-0.4, -0.2) is 35.8 Å². The zero-order valence-corrected chi connectivity index (χ0v) is 19.5. The molecule has 0 unspecified atom stereocenters. The second-order valence-corrected chi connectivity index (χ2v) is 9.94. The highest BCUT2D eigenvalue weighted by molar-refractivity contribution is 7.21. The largest absolute Gasteiger partial charge is 0.349 e. The van der Waals surface area contributed by atoms with E-state index in [0.29, 0.717) is 13.0 Å². The van der Waals surface area contributed by atoms with E-state index in [1.807, 2.05) is 30.9 Å². The van der Waals surface area contributed by atoms with Crippen molar-refractivity contribution in [3.8, 4) is 0 Å². The first kappa shape index (κ1) is 21.6. The standard InChI is InChI=1S/C26H30N2O2S/c1-16(2)27-26(30)25-24(21-7-5-6-8-22(21)31-25)20-11-12-28(15-20)23(29)14-19-10-9-17(3)18(4)13-19/h5-10,13,16,20H,11-12,14-15H2,1-4H3,(H,27,30)/t20-/m0/s1. The summed E-state index contributed by atoms with van der Waals surface area (Å²) in [4.78, 5) is 28.7. The molecule has 0 saturated carbocycles. The Kier molecular flexibility index (Phi) is 6.15. The third-order valence-electron chi connectivity index (χ3n) is 6.14. The summed E-state index contributed by atoms with van der Waals surface area (Å²) in [5.74, 6) is 0.345. The number of nitrogens with one attached hydrogen (secondary N) is 1. The third kappa shape index (κ3) is 4.52. The van der Waals surface area contributed by atoms with E-state index < -0.39 is 0 Å². The number of hydrogen-bond donors (Lipinski definition) is 1. The Hall–Kier alpha value is -2.66. The molecule has 1 N–H and O–H groups in total. The van der Waals surface area contributed by atoms with E-state index in [4.69, 9.17) is 0 Å². The van der Waals surface area contributed by atoms with Crippen LogP contribution >= 0.6 is 11.3 Å². The first-order chi connectivity index (χ1) is 14.8. The van der Waals surface area contributed by atoms with Crippen molar-refractivity contribution < 1.29 is 9.59 Å². The van der Waals surface area contributed by atoms with Crippen molar-refractivity contribution >= 4 is 33.2 Å². The molecule has 5 heteroatoms. The number of amides is 2. The van der Waals surface area contributed by atoms with Crippen molar-refractivity contribution in [3.05, 3.63) is 69.6 Å². The van der Waals surface area contributed by atoms with Gasteiger partial charge in [0.25, 0.3) is 5.91 Å². The molecule has 4 nitrogen and oxygen atoms in total. The number of carbonyl (C=O) groups is 2. The molecule has 1 atom stereocenters. The fourth-order valence-corrected chi connectivity index (χ4v) is 5.58. The summed E-state index contributed by atoms with van der Waals surface area (Å²) in [6, 6.07) is 14.6. The smallest absolute Gasteiger partial charge is 0.261 e. The minimum absolute atomic E-state index is 0.00823. The average Bonchev–Trinajstić information content (AvgIpc) is 3.35. The van der Waals surface area contributed by atoms with E-state index in [-0.39, 0.29) is 23.8 Å². The molecule has 1 aromatic heterocycles. The fourth-order valence-electron chi connectivity index (χ4n) is 4.39. The van der Waals surface area contributed by atoms with E-state index in [1.54, 1.807) is 11.3 Å². The Morgan fingerprint density at radius 1 is 1.13 bits per heavy atom. The minimum Gasteiger partial charge on any atom is -0.349 e. The zero-order chi connectivity index (χ0) is 22.1. The van der Waals surface area contributed by atoms with Gasteiger partial charge in [0.05, 0.1) is 11.3 Å². The number of benzene rings is 2. The maximum atomic E-state index is 13.0. The molecule has 1 saturated heterocycles. The molecule has 1 aliphatic rings. The summed E-state index contributed by atoms with van der Waals surface area (Å²) in [6.07, 6.45) is 1.32. The van der Waals surface area contributed by atoms with Gasteiger partial charge in [-0.25, -0.2) is 0 Å². The highest BCUT2D eigenvalue weighted by Gasteiger charge is 2.32. The van der Waals surface area contributed by atoms with E-state index in [1.165, 1.54) is 11.1 Å². The van der Waals surface area contributed by atoms with Crippen LogP contribution in [0.4, 0.5) is 0 Å². The van der Waals surface area contributed by atoms with Gasteiger partial charge in [0.2, 0.25) is 5.91 Å². The number of rotatable bonds is 5. The molecule has 31 heavy (non-hydrogen) atoms. The Balaban J connectivity index is 1.56. The van der Waals surface area contributed by atoms with Crippen molar-refractivity contribution in [1.82, 2.24) is 10.2 Å². The van der Waals surface area contributed by atoms with Crippen LogP contribution in [0.25, 0.3) is 10.1 Å². The Labute approximate surface area is 188 Å². The lowest BCUT2D eigenvalue weighted by molar-refractivity contribution is -0.129. The molecule has 2 heterocycles. The molecule has 162 valence electrons. The van der Waals surface area contributed by atoms with Crippen LogP contribution in [-0.2, 0) is 11.2 Å². The van der Waals surface area contributed by atoms with Gasteiger partial charge < -0.3 is 10.2 Å². The third-order valence-corrected chi connectivity index (χ3v) is 7.32. The highest BCUT2D eigenvalue weighted by Crippen LogP contribution is 2.40. The summed E-state index contributed by atoms with van der Waals surface area (Å²) in [5.41, 5.74) is 4.64. The number of fused-ring (bicyclic) bond motifs is 1. The molecular weight excluding hydrogens is 404 g/mol. The Bertz CT molecular complexity index is 1130. The summed E-state index contributed by atoms with van der Waals surface area (Å²) in [6.45, 7) is 9.54. The summed E-state index contributed by atoms with van der Waals surface area (Å²) >= 11 is 1.56. The van der Waals surface area contributed by atoms with Gasteiger partial charge in [0.15, 0.2) is 0 Å². The number of nitrogens with zero attached hydrogens (tertiary/aromatic N) is 1. The number of aryl methyl sites for hydroxylation is 2. The molecular formula is C26H30N2O2S. The maximum absolute atomic E-state index is 13.0. The van der Waals surface area contributed by atoms with Crippen LogP contribution in [0.3, 0.4) is 0 Å². The first-order valence-corrected chi connectivity index (χ1v) is 11.8. The van der Waals surface area contributed by atoms with Crippen molar-refractivity contribution in [1.29, 1.82) is 0 Å². The molecule has 1 aliphatic heterocycles. The Morgan fingerprint density at radius 2 is 1.90 bits per heavy atom. The minimum atomic E-state index is -0.00823. The lowest BCUT2D eigenvalue weighted by Gasteiger charge is -2.18. The van der Waals surface area contributed by atoms with Crippen LogP contribution in [0.1, 0.15) is 58.1 Å². The molecule has 0 aliphatic carbocycles. The molecule has 0 radical (unpaired) electrons. The van der Waals surface area contributed by atoms with Crippen LogP contribution < -0.4 is 5.32 Å². The van der Waals surface area contributed by atoms with Crippen molar-refractivity contribution in [2.24, 2.45) is 0 Å². The van der Waals surface area contributed by atoms with Crippen molar-refractivity contribution in [2.45, 2.75) is 52.5 Å². The van der Waals surface area contributed by atoms with Gasteiger partial charge >= 0.3 is 0 Å². The molecule has 4 rings (SSSR count). The zero-order valence-electron chi connectivity index (χ0n) is 18.7. The van der Waals surface area contributed by atoms with Gasteiger partial charge in [0.1, 0.15) is 0 Å². The second-order valence-electron chi connectivity index (χ2n) is 8.89. The number of carbonyl (C=O) groups excluding carboxylic acids is 2. The van der Waals surface area contributed by atoms with Gasteiger partial charge in [-0.1, -0.05) is 36.4 Å². The first-order valence-electron chi connectivity index (χ1n) is 11.0. The number of thiophene rings is 1. The summed E-state index contributed by atoms with van der Waals surface area (Å²) in [7, 11) is 0. The molecule has 3 aromatic rings. The van der Waals surface area contributed by atoms with Crippen molar-refractivity contribution in [3.63, 3.8) is 0 Å². The quantitative estimate of drug-likeness (QED) is 0.599. The van der Waals surface area contributed by atoms with Gasteiger partial charge in [-0.15, -0.1) is 11.3 Å². The second kappa shape index (κ2) is 8.83. The van der Waals surface area contributed by atoms with Gasteiger partial charge in [0, 0.05) is 29.7 Å². The van der Waals surface area contributed by atoms with E-state index >= 15 is 0 Å². The SMILES string of the molecule is Cc1ccc(CC(=O)N2CC[C@H](c3c(C(=O)NC(C)C)sc4ccccc34)C2)cc1C. The fraction of sp³-hybridized carbons (Fsp3) is 0.385. The highest BCUT2D eigenvalue weighted by atomic mass is 32.1. The molecule has 2 aromatic carbocycles. The molecule has 0 bridgehead atoms. The van der Waals surface area contributed by atoms with Crippen LogP contribution in [0, 0.1) is 13.8 Å². The number of hydrogen-bond acceptors (Lipinski definition) is 3. The number of likely N-dealkylation sites (tertiary alicyclic amines) is 1. The van der Waals surface area contributed by atoms with Crippen LogP contribution in [0.15, 0.2) is 42.5 Å². The monoisotopic (exact) mass is 434 g/mol. The van der Waals surface area contributed by atoms with Crippen LogP contribution in [0.5, 0.6) is 0 Å². The van der Waals surface area contributed by atoms with E-state index in [2.05, 4.69) is 49.5 Å². The topological polar surface area (TPSA) is 49.4 Å². The normalized spacial score (nSPS) is 16.3. The molecule has 0 spiro atoms. The maximum Gasteiger partial charge on any atom is 0.261 e. The van der Waals surface area contributed by atoms with Crippen LogP contribution in [0.2, 0.25) is 0 Å². The van der Waals surface area contributed by atoms with Gasteiger partial charge in [-0.3, -0.25) is 9.59 Å². The average molecular weight is 435 g/mol. The summed E-state index contributed by atoms with van der Waals surface area (Å²) in [5, 5.41) is 4.20. The molecule has 2 amide bonds. The lowest BCUT2D eigenvalue weighted by Crippen LogP contribution is -2.31. The van der Waals surface area contributed by atoms with E-state index in [0.717, 1.165) is 39.1 Å². The van der Waals surface area contributed by atoms with Crippen molar-refractivity contribution in [2.75, 3.05) is 13.1 Å². The van der Waals surface area contributed by atoms with Gasteiger partial charge in [-0.05, 0) is 67.8 Å². The van der Waals surface area contributed by atoms with E-state index in [9.17, 15) is 9.59 Å². The van der Waals surface area contributed by atoms with Gasteiger partial charge in [-0.2, -0.15) is 0 Å². The lowest BCUT2D eigenvalue weighted by atomic mass is 9.95.